The Balaban J connectivity index is 1.89. The molecule has 4 rings (SSSR count). The minimum absolute atomic E-state index is 0.175. The number of halogens is 1. The van der Waals surface area contributed by atoms with Crippen molar-refractivity contribution < 1.29 is 18.3 Å². The second-order valence-electron chi connectivity index (χ2n) is 8.88. The van der Waals surface area contributed by atoms with Gasteiger partial charge >= 0.3 is 5.97 Å². The number of carbonyl (C=O) groups is 1. The molecule has 0 bridgehead atoms. The molecule has 5 nitrogen and oxygen atoms in total. The molecular weight excluding hydrogens is 546 g/mol. The molecule has 0 aromatic heterocycles. The summed E-state index contributed by atoms with van der Waals surface area (Å²) in [7, 11) is -3.98. The number of carboxylic acids is 1. The predicted octanol–water partition coefficient (Wildman–Crippen LogP) is 6.45. The summed E-state index contributed by atoms with van der Waals surface area (Å²) < 4.78 is 30.5. The van der Waals surface area contributed by atoms with E-state index in [0.29, 0.717) is 12.0 Å². The average molecular weight is 575 g/mol. The van der Waals surface area contributed by atoms with Gasteiger partial charge in [-0.1, -0.05) is 70.4 Å². The van der Waals surface area contributed by atoms with Crippen LogP contribution in [-0.4, -0.2) is 35.1 Å². The highest BCUT2D eigenvalue weighted by molar-refractivity contribution is 9.10. The lowest BCUT2D eigenvalue weighted by Gasteiger charge is -2.30. The Morgan fingerprint density at radius 3 is 2.00 bits per heavy atom. The van der Waals surface area contributed by atoms with Crippen LogP contribution in [-0.2, 0) is 14.8 Å². The molecule has 184 valence electrons. The molecule has 0 unspecified atom stereocenters. The topological polar surface area (TPSA) is 74.7 Å². The zero-order valence-electron chi connectivity index (χ0n) is 19.8. The van der Waals surface area contributed by atoms with E-state index in [1.165, 1.54) is 16.1 Å². The number of carboxylic acid groups (broad SMARTS) is 1. The molecule has 1 fully saturated rings. The molecule has 3 aromatic rings. The fraction of sp³-hybridized carbons (Fsp3) is 0.296. The van der Waals surface area contributed by atoms with Gasteiger partial charge in [0.2, 0.25) is 10.0 Å². The van der Waals surface area contributed by atoms with Crippen molar-refractivity contribution in [3.8, 4) is 0 Å². The Morgan fingerprint density at radius 2 is 1.49 bits per heavy atom. The van der Waals surface area contributed by atoms with E-state index in [1.807, 2.05) is 69.3 Å². The summed E-state index contributed by atoms with van der Waals surface area (Å²) in [6, 6.07) is 20.6. The highest BCUT2D eigenvalue weighted by Gasteiger charge is 2.57. The summed E-state index contributed by atoms with van der Waals surface area (Å²) >= 11 is 4.88. The van der Waals surface area contributed by atoms with Gasteiger partial charge in [0.05, 0.1) is 16.9 Å². The summed E-state index contributed by atoms with van der Waals surface area (Å²) in [5, 5.41) is 9.99. The van der Waals surface area contributed by atoms with Gasteiger partial charge in [-0.25, -0.2) is 8.42 Å². The number of sulfonamides is 1. The maximum atomic E-state index is 14.1. The molecule has 0 saturated carbocycles. The number of aryl methyl sites for hydroxylation is 2. The molecule has 8 heteroatoms. The van der Waals surface area contributed by atoms with Crippen LogP contribution < -0.4 is 0 Å². The lowest BCUT2D eigenvalue weighted by molar-refractivity contribution is -0.142. The third-order valence-electron chi connectivity index (χ3n) is 6.48. The predicted molar refractivity (Wildman–Crippen MR) is 143 cm³/mol. The van der Waals surface area contributed by atoms with Crippen LogP contribution >= 0.6 is 27.7 Å². The maximum Gasteiger partial charge on any atom is 0.309 e. The highest BCUT2D eigenvalue weighted by atomic mass is 79.9. The Kier molecular flexibility index (Phi) is 7.76. The molecule has 0 aliphatic carbocycles. The number of hydrogen-bond acceptors (Lipinski definition) is 4. The van der Waals surface area contributed by atoms with Crippen LogP contribution in [0.1, 0.15) is 36.1 Å². The van der Waals surface area contributed by atoms with Gasteiger partial charge in [0.25, 0.3) is 0 Å². The Bertz CT molecular complexity index is 1290. The van der Waals surface area contributed by atoms with E-state index in [-0.39, 0.29) is 4.90 Å². The van der Waals surface area contributed by atoms with E-state index in [1.54, 1.807) is 24.3 Å². The first-order valence-corrected chi connectivity index (χ1v) is 14.6. The fourth-order valence-corrected chi connectivity index (χ4v) is 8.47. The number of hydrogen-bond donors (Lipinski definition) is 1. The van der Waals surface area contributed by atoms with Crippen LogP contribution in [0.2, 0.25) is 0 Å². The quantitative estimate of drug-likeness (QED) is 0.351. The van der Waals surface area contributed by atoms with Gasteiger partial charge in [0, 0.05) is 20.7 Å². The van der Waals surface area contributed by atoms with Crippen LogP contribution in [0.4, 0.5) is 0 Å². The molecule has 3 aromatic carbocycles. The van der Waals surface area contributed by atoms with E-state index >= 15 is 0 Å². The largest absolute Gasteiger partial charge is 0.481 e. The summed E-state index contributed by atoms with van der Waals surface area (Å²) in [5.74, 6) is -1.92. The normalized spacial score (nSPS) is 22.9. The molecule has 4 atom stereocenters. The standard InChI is InChI=1S/C27H28BrNO4S2/c1-4-23-26(34-21-13-5-17(2)6-14-21)24(27(30)31)25(19-9-11-20(28)12-10-19)29(23)35(32,33)22-15-7-18(3)8-16-22/h5-16,23-26H,4H2,1-3H3,(H,30,31)/t23-,24+,25+,26-/m1/s1. The fourth-order valence-electron chi connectivity index (χ4n) is 4.72. The average Bonchev–Trinajstić information content (AvgIpc) is 3.16. The number of rotatable bonds is 7. The van der Waals surface area contributed by atoms with Crippen molar-refractivity contribution >= 4 is 43.7 Å². The molecule has 35 heavy (non-hydrogen) atoms. The minimum Gasteiger partial charge on any atom is -0.481 e. The van der Waals surface area contributed by atoms with Crippen LogP contribution in [0.15, 0.2) is 87.1 Å². The van der Waals surface area contributed by atoms with E-state index in [9.17, 15) is 18.3 Å². The third-order valence-corrected chi connectivity index (χ3v) is 10.4. The van der Waals surface area contributed by atoms with Crippen molar-refractivity contribution in [1.29, 1.82) is 0 Å². The van der Waals surface area contributed by atoms with Gasteiger partial charge in [0.1, 0.15) is 0 Å². The Hall–Kier alpha value is -2.13. The van der Waals surface area contributed by atoms with Crippen molar-refractivity contribution in [2.75, 3.05) is 0 Å². The zero-order valence-corrected chi connectivity index (χ0v) is 23.0. The number of benzene rings is 3. The van der Waals surface area contributed by atoms with E-state index in [2.05, 4.69) is 15.9 Å². The molecular formula is C27H28BrNO4S2. The van der Waals surface area contributed by atoms with E-state index < -0.39 is 39.2 Å². The van der Waals surface area contributed by atoms with Crippen LogP contribution in [0.3, 0.4) is 0 Å². The Labute approximate surface area is 219 Å². The van der Waals surface area contributed by atoms with Crippen molar-refractivity contribution in [1.82, 2.24) is 4.31 Å². The number of nitrogens with zero attached hydrogens (tertiary/aromatic N) is 1. The van der Waals surface area contributed by atoms with Crippen molar-refractivity contribution in [2.45, 2.75) is 54.3 Å². The summed E-state index contributed by atoms with van der Waals surface area (Å²) in [6.07, 6.45) is 0.491. The number of thioether (sulfide) groups is 1. The molecule has 1 aliphatic heterocycles. The molecule has 1 saturated heterocycles. The smallest absolute Gasteiger partial charge is 0.309 e. The minimum atomic E-state index is -3.98. The lowest BCUT2D eigenvalue weighted by Crippen LogP contribution is -2.39. The molecule has 1 aliphatic rings. The van der Waals surface area contributed by atoms with Gasteiger partial charge in [-0.2, -0.15) is 4.31 Å². The van der Waals surface area contributed by atoms with Crippen LogP contribution in [0, 0.1) is 19.8 Å². The van der Waals surface area contributed by atoms with Gasteiger partial charge in [-0.15, -0.1) is 11.8 Å². The van der Waals surface area contributed by atoms with Gasteiger partial charge < -0.3 is 5.11 Å². The van der Waals surface area contributed by atoms with Crippen molar-refractivity contribution in [3.05, 3.63) is 94.0 Å². The summed E-state index contributed by atoms with van der Waals surface area (Å²) in [4.78, 5) is 13.9. The lowest BCUT2D eigenvalue weighted by atomic mass is 9.93. The molecule has 0 radical (unpaired) electrons. The second-order valence-corrected chi connectivity index (χ2v) is 12.9. The maximum absolute atomic E-state index is 14.1. The molecule has 1 heterocycles. The van der Waals surface area contributed by atoms with E-state index in [0.717, 1.165) is 20.5 Å². The van der Waals surface area contributed by atoms with Gasteiger partial charge in [-0.05, 0) is 62.2 Å². The first-order chi connectivity index (χ1) is 16.6. The van der Waals surface area contributed by atoms with Crippen molar-refractivity contribution in [2.24, 2.45) is 5.92 Å². The summed E-state index contributed by atoms with van der Waals surface area (Å²) in [6.45, 7) is 5.83. The zero-order chi connectivity index (χ0) is 25.3. The van der Waals surface area contributed by atoms with Gasteiger partial charge in [0.15, 0.2) is 0 Å². The number of aliphatic carboxylic acids is 1. The monoisotopic (exact) mass is 573 g/mol. The SMILES string of the molecule is CC[C@@H]1[C@@H](Sc2ccc(C)cc2)[C@@H](C(=O)O)[C@H](c2ccc(Br)cc2)N1S(=O)(=O)c1ccc(C)cc1. The molecule has 0 spiro atoms. The first kappa shape index (κ1) is 25.9. The Morgan fingerprint density at radius 1 is 0.943 bits per heavy atom. The van der Waals surface area contributed by atoms with Crippen molar-refractivity contribution in [3.63, 3.8) is 0 Å². The van der Waals surface area contributed by atoms with Crippen LogP contribution in [0.25, 0.3) is 0 Å². The first-order valence-electron chi connectivity index (χ1n) is 11.4. The van der Waals surface area contributed by atoms with E-state index in [4.69, 9.17) is 0 Å². The third kappa shape index (κ3) is 5.21. The second kappa shape index (κ2) is 10.5. The molecule has 1 N–H and O–H groups in total. The van der Waals surface area contributed by atoms with Crippen LogP contribution in [0.5, 0.6) is 0 Å². The highest BCUT2D eigenvalue weighted by Crippen LogP contribution is 2.51. The summed E-state index contributed by atoms with van der Waals surface area (Å²) in [5.41, 5.74) is 2.73. The molecule has 0 amide bonds. The van der Waals surface area contributed by atoms with Gasteiger partial charge in [-0.3, -0.25) is 4.79 Å².